The van der Waals surface area contributed by atoms with Gasteiger partial charge < -0.3 is 5.32 Å². The van der Waals surface area contributed by atoms with Crippen molar-refractivity contribution in [3.8, 4) is 0 Å². The van der Waals surface area contributed by atoms with Gasteiger partial charge in [-0.25, -0.2) is 0 Å². The fourth-order valence-electron chi connectivity index (χ4n) is 2.39. The van der Waals surface area contributed by atoms with E-state index >= 15 is 0 Å². The molecule has 2 unspecified atom stereocenters. The summed E-state index contributed by atoms with van der Waals surface area (Å²) in [7, 11) is 0. The van der Waals surface area contributed by atoms with Crippen LogP contribution in [0.3, 0.4) is 0 Å². The molecule has 2 atom stereocenters. The van der Waals surface area contributed by atoms with Gasteiger partial charge in [-0.3, -0.25) is 4.90 Å². The smallest absolute Gasteiger partial charge is 0.0484 e. The SMILES string of the molecule is CC(C)(C)C1CC2CNCN2C1. The zero-order chi connectivity index (χ0) is 8.77. The van der Waals surface area contributed by atoms with E-state index in [0.29, 0.717) is 5.41 Å². The molecule has 2 heterocycles. The minimum absolute atomic E-state index is 0.504. The van der Waals surface area contributed by atoms with Crippen molar-refractivity contribution in [2.75, 3.05) is 19.8 Å². The van der Waals surface area contributed by atoms with Gasteiger partial charge in [0.15, 0.2) is 0 Å². The van der Waals surface area contributed by atoms with E-state index in [-0.39, 0.29) is 0 Å². The second kappa shape index (κ2) is 2.71. The van der Waals surface area contributed by atoms with Crippen molar-refractivity contribution in [3.05, 3.63) is 0 Å². The maximum absolute atomic E-state index is 3.42. The predicted octanol–water partition coefficient (Wildman–Crippen LogP) is 1.28. The average Bonchev–Trinajstić information content (AvgIpc) is 2.37. The van der Waals surface area contributed by atoms with E-state index in [1.54, 1.807) is 0 Å². The summed E-state index contributed by atoms with van der Waals surface area (Å²) in [6, 6.07) is 0.842. The molecule has 0 aliphatic carbocycles. The van der Waals surface area contributed by atoms with Crippen molar-refractivity contribution in [2.24, 2.45) is 11.3 Å². The molecule has 2 fully saturated rings. The molecule has 0 aromatic heterocycles. The lowest BCUT2D eigenvalue weighted by atomic mass is 9.79. The van der Waals surface area contributed by atoms with Crippen LogP contribution in [0.4, 0.5) is 0 Å². The summed E-state index contributed by atoms with van der Waals surface area (Å²) in [6.07, 6.45) is 1.40. The van der Waals surface area contributed by atoms with Gasteiger partial charge in [-0.1, -0.05) is 20.8 Å². The molecule has 0 amide bonds. The second-order valence-corrected chi connectivity index (χ2v) is 5.34. The van der Waals surface area contributed by atoms with Crippen molar-refractivity contribution in [3.63, 3.8) is 0 Å². The summed E-state index contributed by atoms with van der Waals surface area (Å²) in [6.45, 7) is 10.7. The first kappa shape index (κ1) is 8.52. The van der Waals surface area contributed by atoms with E-state index in [4.69, 9.17) is 0 Å². The Hall–Kier alpha value is -0.0800. The Labute approximate surface area is 75.3 Å². The van der Waals surface area contributed by atoms with Crippen LogP contribution in [-0.4, -0.2) is 30.7 Å². The van der Waals surface area contributed by atoms with Crippen molar-refractivity contribution in [2.45, 2.75) is 33.2 Å². The molecule has 0 aromatic carbocycles. The van der Waals surface area contributed by atoms with Gasteiger partial charge in [-0.15, -0.1) is 0 Å². The number of nitrogens with zero attached hydrogens (tertiary/aromatic N) is 1. The number of hydrogen-bond acceptors (Lipinski definition) is 2. The molecule has 0 spiro atoms. The summed E-state index contributed by atoms with van der Waals surface area (Å²) in [5.74, 6) is 0.907. The molecular formula is C10H20N2. The Balaban J connectivity index is 1.99. The summed E-state index contributed by atoms with van der Waals surface area (Å²) < 4.78 is 0. The molecule has 0 aromatic rings. The molecular weight excluding hydrogens is 148 g/mol. The first-order chi connectivity index (χ1) is 5.57. The van der Waals surface area contributed by atoms with Gasteiger partial charge in [0, 0.05) is 25.8 Å². The lowest BCUT2D eigenvalue weighted by Gasteiger charge is -2.27. The van der Waals surface area contributed by atoms with E-state index in [9.17, 15) is 0 Å². The molecule has 2 aliphatic rings. The van der Waals surface area contributed by atoms with E-state index in [1.165, 1.54) is 19.5 Å². The van der Waals surface area contributed by atoms with Crippen molar-refractivity contribution in [1.82, 2.24) is 10.2 Å². The molecule has 2 nitrogen and oxygen atoms in total. The van der Waals surface area contributed by atoms with Crippen LogP contribution in [0.25, 0.3) is 0 Å². The Kier molecular flexibility index (Phi) is 1.92. The highest BCUT2D eigenvalue weighted by Crippen LogP contribution is 2.37. The largest absolute Gasteiger partial charge is 0.303 e. The fourth-order valence-corrected chi connectivity index (χ4v) is 2.39. The third-order valence-electron chi connectivity index (χ3n) is 3.45. The van der Waals surface area contributed by atoms with Crippen LogP contribution in [0.5, 0.6) is 0 Å². The van der Waals surface area contributed by atoms with Gasteiger partial charge in [0.05, 0.1) is 0 Å². The number of rotatable bonds is 0. The predicted molar refractivity (Wildman–Crippen MR) is 50.9 cm³/mol. The summed E-state index contributed by atoms with van der Waals surface area (Å²) in [5.41, 5.74) is 0.504. The number of nitrogens with one attached hydrogen (secondary N) is 1. The standard InChI is InChI=1S/C10H20N2/c1-10(2,3)8-4-9-5-11-7-12(9)6-8/h8-9,11H,4-7H2,1-3H3. The van der Waals surface area contributed by atoms with Gasteiger partial charge in [0.2, 0.25) is 0 Å². The molecule has 0 saturated carbocycles. The van der Waals surface area contributed by atoms with E-state index < -0.39 is 0 Å². The van der Waals surface area contributed by atoms with Crippen LogP contribution in [0.1, 0.15) is 27.2 Å². The minimum atomic E-state index is 0.504. The van der Waals surface area contributed by atoms with Crippen LogP contribution >= 0.6 is 0 Å². The lowest BCUT2D eigenvalue weighted by Crippen LogP contribution is -2.28. The van der Waals surface area contributed by atoms with Crippen molar-refractivity contribution in [1.29, 1.82) is 0 Å². The fraction of sp³-hybridized carbons (Fsp3) is 1.00. The maximum atomic E-state index is 3.42. The van der Waals surface area contributed by atoms with Gasteiger partial charge in [0.25, 0.3) is 0 Å². The highest BCUT2D eigenvalue weighted by atomic mass is 15.3. The van der Waals surface area contributed by atoms with Gasteiger partial charge in [-0.2, -0.15) is 0 Å². The summed E-state index contributed by atoms with van der Waals surface area (Å²) in [5, 5.41) is 3.42. The van der Waals surface area contributed by atoms with Gasteiger partial charge in [-0.05, 0) is 17.8 Å². The molecule has 2 saturated heterocycles. The number of hydrogen-bond donors (Lipinski definition) is 1. The van der Waals surface area contributed by atoms with Crippen LogP contribution < -0.4 is 5.32 Å². The third kappa shape index (κ3) is 1.38. The molecule has 0 bridgehead atoms. The summed E-state index contributed by atoms with van der Waals surface area (Å²) >= 11 is 0. The second-order valence-electron chi connectivity index (χ2n) is 5.34. The van der Waals surface area contributed by atoms with E-state index in [2.05, 4.69) is 31.0 Å². The number of fused-ring (bicyclic) bond motifs is 1. The maximum Gasteiger partial charge on any atom is 0.0484 e. The highest BCUT2D eigenvalue weighted by molar-refractivity contribution is 4.94. The van der Waals surface area contributed by atoms with E-state index in [0.717, 1.165) is 18.6 Å². The molecule has 2 aliphatic heterocycles. The van der Waals surface area contributed by atoms with Crippen molar-refractivity contribution >= 4 is 0 Å². The first-order valence-electron chi connectivity index (χ1n) is 5.02. The zero-order valence-electron chi connectivity index (χ0n) is 8.43. The molecule has 2 heteroatoms. The molecule has 0 radical (unpaired) electrons. The average molecular weight is 168 g/mol. The summed E-state index contributed by atoms with van der Waals surface area (Å²) in [4.78, 5) is 2.59. The first-order valence-corrected chi connectivity index (χ1v) is 5.02. The van der Waals surface area contributed by atoms with Crippen LogP contribution in [0.2, 0.25) is 0 Å². The molecule has 70 valence electrons. The molecule has 12 heavy (non-hydrogen) atoms. The Morgan fingerprint density at radius 2 is 2.08 bits per heavy atom. The molecule has 2 rings (SSSR count). The van der Waals surface area contributed by atoms with Gasteiger partial charge in [0.1, 0.15) is 0 Å². The third-order valence-corrected chi connectivity index (χ3v) is 3.45. The zero-order valence-corrected chi connectivity index (χ0v) is 8.43. The van der Waals surface area contributed by atoms with Gasteiger partial charge >= 0.3 is 0 Å². The monoisotopic (exact) mass is 168 g/mol. The Morgan fingerprint density at radius 1 is 1.33 bits per heavy atom. The van der Waals surface area contributed by atoms with Crippen LogP contribution in [0.15, 0.2) is 0 Å². The minimum Gasteiger partial charge on any atom is -0.303 e. The quantitative estimate of drug-likeness (QED) is 0.586. The lowest BCUT2D eigenvalue weighted by molar-refractivity contribution is 0.230. The van der Waals surface area contributed by atoms with Crippen molar-refractivity contribution < 1.29 is 0 Å². The van der Waals surface area contributed by atoms with E-state index in [1.807, 2.05) is 0 Å². The Bertz CT molecular complexity index is 159. The normalized spacial score (nSPS) is 37.2. The Morgan fingerprint density at radius 3 is 2.67 bits per heavy atom. The highest BCUT2D eigenvalue weighted by Gasteiger charge is 2.39. The topological polar surface area (TPSA) is 15.3 Å². The van der Waals surface area contributed by atoms with Crippen LogP contribution in [0, 0.1) is 11.3 Å². The van der Waals surface area contributed by atoms with Crippen LogP contribution in [-0.2, 0) is 0 Å². The molecule has 1 N–H and O–H groups in total.